The largest absolute Gasteiger partial charge is 0.497 e. The fourth-order valence-corrected chi connectivity index (χ4v) is 4.56. The van der Waals surface area contributed by atoms with Crippen molar-refractivity contribution in [1.29, 1.82) is 0 Å². The maximum Gasteiger partial charge on any atom is 0.243 e. The van der Waals surface area contributed by atoms with Gasteiger partial charge in [0.2, 0.25) is 10.0 Å². The minimum Gasteiger partial charge on any atom is -0.497 e. The third-order valence-electron chi connectivity index (χ3n) is 4.56. The van der Waals surface area contributed by atoms with Crippen molar-refractivity contribution in [2.24, 2.45) is 0 Å². The Morgan fingerprint density at radius 1 is 0.833 bits per heavy atom. The van der Waals surface area contributed by atoms with Crippen molar-refractivity contribution >= 4 is 26.0 Å². The Bertz CT molecular complexity index is 1050. The molecule has 8 heteroatoms. The molecule has 0 amide bonds. The number of benzene rings is 3. The molecule has 0 fully saturated rings. The molecule has 0 radical (unpaired) electrons. The summed E-state index contributed by atoms with van der Waals surface area (Å²) < 4.78 is 52.6. The van der Waals surface area contributed by atoms with E-state index in [-0.39, 0.29) is 22.5 Å². The van der Waals surface area contributed by atoms with Gasteiger partial charge >= 0.3 is 0 Å². The van der Waals surface area contributed by atoms with Crippen LogP contribution >= 0.6 is 15.9 Å². The van der Waals surface area contributed by atoms with Crippen molar-refractivity contribution in [3.8, 4) is 11.5 Å². The third-order valence-corrected chi connectivity index (χ3v) is 7.00. The lowest BCUT2D eigenvalue weighted by molar-refractivity contribution is 0.397. The van der Waals surface area contributed by atoms with Crippen molar-refractivity contribution in [1.82, 2.24) is 4.31 Å². The average Bonchev–Trinajstić information content (AvgIpc) is 2.76. The highest BCUT2D eigenvalue weighted by Gasteiger charge is 2.26. The monoisotopic (exact) mass is 493 g/mol. The molecule has 3 aromatic carbocycles. The van der Waals surface area contributed by atoms with Crippen molar-refractivity contribution in [2.75, 3.05) is 14.2 Å². The second-order valence-corrected chi connectivity index (χ2v) is 9.34. The van der Waals surface area contributed by atoms with Crippen molar-refractivity contribution in [3.63, 3.8) is 0 Å². The molecule has 3 aromatic rings. The van der Waals surface area contributed by atoms with Crippen molar-refractivity contribution in [2.45, 2.75) is 18.0 Å². The Hall–Kier alpha value is -2.42. The third kappa shape index (κ3) is 5.19. The number of methoxy groups -OCH3 is 2. The number of sulfonamides is 1. The molecule has 0 saturated carbocycles. The Kier molecular flexibility index (Phi) is 7.12. The summed E-state index contributed by atoms with van der Waals surface area (Å²) in [5, 5.41) is 0. The number of ether oxygens (including phenoxy) is 2. The molecular weight excluding hydrogens is 473 g/mol. The molecule has 0 bridgehead atoms. The van der Waals surface area contributed by atoms with E-state index in [4.69, 9.17) is 9.47 Å². The zero-order chi connectivity index (χ0) is 21.7. The zero-order valence-electron chi connectivity index (χ0n) is 16.5. The first-order valence-electron chi connectivity index (χ1n) is 9.04. The molecule has 5 nitrogen and oxygen atoms in total. The van der Waals surface area contributed by atoms with Crippen LogP contribution in [0.25, 0.3) is 0 Å². The normalized spacial score (nSPS) is 11.5. The van der Waals surface area contributed by atoms with Gasteiger partial charge in [-0.25, -0.2) is 12.8 Å². The lowest BCUT2D eigenvalue weighted by Crippen LogP contribution is -2.30. The lowest BCUT2D eigenvalue weighted by Gasteiger charge is -2.23. The van der Waals surface area contributed by atoms with Crippen molar-refractivity contribution in [3.05, 3.63) is 88.1 Å². The van der Waals surface area contributed by atoms with Crippen LogP contribution < -0.4 is 9.47 Å². The van der Waals surface area contributed by atoms with E-state index < -0.39 is 15.8 Å². The SMILES string of the molecule is COc1ccc(CN(Cc2ccc(OC)cc2)S(=O)(=O)c2ccc(Br)c(F)c2)cc1. The van der Waals surface area contributed by atoms with Crippen molar-refractivity contribution < 1.29 is 22.3 Å². The van der Waals surface area contributed by atoms with Gasteiger partial charge in [-0.05, 0) is 69.5 Å². The molecule has 0 spiro atoms. The molecule has 3 rings (SSSR count). The molecule has 0 aliphatic heterocycles. The van der Waals surface area contributed by atoms with Gasteiger partial charge in [0.1, 0.15) is 17.3 Å². The van der Waals surface area contributed by atoms with Crippen LogP contribution in [-0.2, 0) is 23.1 Å². The lowest BCUT2D eigenvalue weighted by atomic mass is 10.2. The Morgan fingerprint density at radius 3 is 1.70 bits per heavy atom. The summed E-state index contributed by atoms with van der Waals surface area (Å²) in [6, 6.07) is 18.1. The van der Waals surface area contributed by atoms with Gasteiger partial charge in [0.25, 0.3) is 0 Å². The maximum absolute atomic E-state index is 14.0. The van der Waals surface area contributed by atoms with Gasteiger partial charge in [0.05, 0.1) is 23.6 Å². The fourth-order valence-electron chi connectivity index (χ4n) is 2.88. The number of hydrogen-bond donors (Lipinski definition) is 0. The zero-order valence-corrected chi connectivity index (χ0v) is 18.9. The van der Waals surface area contributed by atoms with Gasteiger partial charge in [-0.1, -0.05) is 24.3 Å². The van der Waals surface area contributed by atoms with Crippen LogP contribution in [0.3, 0.4) is 0 Å². The molecule has 0 N–H and O–H groups in total. The molecule has 0 aliphatic carbocycles. The van der Waals surface area contributed by atoms with E-state index in [9.17, 15) is 12.8 Å². The topological polar surface area (TPSA) is 55.8 Å². The molecule has 158 valence electrons. The molecule has 0 heterocycles. The van der Waals surface area contributed by atoms with Gasteiger partial charge in [-0.15, -0.1) is 0 Å². The summed E-state index contributed by atoms with van der Waals surface area (Å²) in [4.78, 5) is -0.106. The first-order valence-corrected chi connectivity index (χ1v) is 11.3. The molecule has 0 unspecified atom stereocenters. The molecule has 0 aromatic heterocycles. The molecule has 0 atom stereocenters. The summed E-state index contributed by atoms with van der Waals surface area (Å²) >= 11 is 3.06. The quantitative estimate of drug-likeness (QED) is 0.443. The van der Waals surface area contributed by atoms with Crippen LogP contribution in [0.1, 0.15) is 11.1 Å². The summed E-state index contributed by atoms with van der Waals surface area (Å²) in [7, 11) is -0.824. The number of hydrogen-bond acceptors (Lipinski definition) is 4. The summed E-state index contributed by atoms with van der Waals surface area (Å²) in [6.07, 6.45) is 0. The average molecular weight is 494 g/mol. The van der Waals surface area contributed by atoms with Gasteiger partial charge in [-0.2, -0.15) is 4.31 Å². The first kappa shape index (κ1) is 22.3. The molecule has 0 aliphatic rings. The number of rotatable bonds is 8. The van der Waals surface area contributed by atoms with Gasteiger partial charge in [-0.3, -0.25) is 0 Å². The van der Waals surface area contributed by atoms with Gasteiger partial charge in [0.15, 0.2) is 0 Å². The Labute approximate surface area is 184 Å². The highest BCUT2D eigenvalue weighted by molar-refractivity contribution is 9.10. The van der Waals surface area contributed by atoms with E-state index >= 15 is 0 Å². The van der Waals surface area contributed by atoms with E-state index in [2.05, 4.69) is 15.9 Å². The maximum atomic E-state index is 14.0. The number of nitrogens with zero attached hydrogens (tertiary/aromatic N) is 1. The Balaban J connectivity index is 1.96. The first-order chi connectivity index (χ1) is 14.3. The van der Waals surface area contributed by atoms with Gasteiger partial charge in [0, 0.05) is 13.1 Å². The summed E-state index contributed by atoms with van der Waals surface area (Å²) in [6.45, 7) is 0.242. The van der Waals surface area contributed by atoms with Crippen LogP contribution in [0.15, 0.2) is 76.1 Å². The van der Waals surface area contributed by atoms with Crippen LogP contribution in [0, 0.1) is 5.82 Å². The van der Waals surface area contributed by atoms with E-state index in [1.54, 1.807) is 62.8 Å². The molecule has 0 saturated heterocycles. The summed E-state index contributed by atoms with van der Waals surface area (Å²) in [5.74, 6) is 0.724. The van der Waals surface area contributed by atoms with Crippen LogP contribution in [0.5, 0.6) is 11.5 Å². The van der Waals surface area contributed by atoms with Crippen LogP contribution in [0.4, 0.5) is 4.39 Å². The minimum absolute atomic E-state index is 0.106. The van der Waals surface area contributed by atoms with E-state index in [0.29, 0.717) is 11.5 Å². The predicted molar refractivity (Wildman–Crippen MR) is 117 cm³/mol. The highest BCUT2D eigenvalue weighted by atomic mass is 79.9. The summed E-state index contributed by atoms with van der Waals surface area (Å²) in [5.41, 5.74) is 1.57. The second-order valence-electron chi connectivity index (χ2n) is 6.55. The minimum atomic E-state index is -3.96. The standard InChI is InChI=1S/C22H21BrFNO4S/c1-28-18-7-3-16(4-8-18)14-25(15-17-5-9-19(29-2)10-6-17)30(26,27)20-11-12-21(23)22(24)13-20/h3-13H,14-15H2,1-2H3. The molecular formula is C22H21BrFNO4S. The van der Waals surface area contributed by atoms with Crippen LogP contribution in [-0.4, -0.2) is 26.9 Å². The fraction of sp³-hybridized carbons (Fsp3) is 0.182. The predicted octanol–water partition coefficient (Wildman–Crippen LogP) is 5.00. The van der Waals surface area contributed by atoms with Crippen LogP contribution in [0.2, 0.25) is 0 Å². The Morgan fingerprint density at radius 2 is 1.30 bits per heavy atom. The molecule has 30 heavy (non-hydrogen) atoms. The highest BCUT2D eigenvalue weighted by Crippen LogP contribution is 2.26. The van der Waals surface area contributed by atoms with E-state index in [1.165, 1.54) is 16.4 Å². The second kappa shape index (κ2) is 9.59. The van der Waals surface area contributed by atoms with E-state index in [1.807, 2.05) is 0 Å². The smallest absolute Gasteiger partial charge is 0.243 e. The van der Waals surface area contributed by atoms with E-state index in [0.717, 1.165) is 17.2 Å². The number of halogens is 2. The van der Waals surface area contributed by atoms with Gasteiger partial charge < -0.3 is 9.47 Å².